The van der Waals surface area contributed by atoms with Crippen molar-refractivity contribution in [2.45, 2.75) is 0 Å². The van der Waals surface area contributed by atoms with Crippen LogP contribution < -0.4 is 0 Å². The Kier molecular flexibility index (Phi) is 210. The molecule has 0 aromatic carbocycles. The number of hydrogen-bond donors (Lipinski definition) is 0. The summed E-state index contributed by atoms with van der Waals surface area (Å²) < 4.78 is 0. The topological polar surface area (TPSA) is 0 Å². The minimum Gasteiger partial charge on any atom is 0 e. The Hall–Kier alpha value is 3.38. The molecular formula is FeTi4. The molecule has 5 heteroatoms. The second-order valence-electron chi connectivity index (χ2n) is 0. The van der Waals surface area contributed by atoms with Crippen molar-refractivity contribution in [2.24, 2.45) is 0 Å². The molecule has 0 saturated heterocycles. The van der Waals surface area contributed by atoms with Gasteiger partial charge in [-0.1, -0.05) is 0 Å². The van der Waals surface area contributed by atoms with Crippen molar-refractivity contribution in [3.63, 3.8) is 0 Å². The van der Waals surface area contributed by atoms with E-state index in [1.807, 2.05) is 0 Å². The molecular weight excluding hydrogens is 247 g/mol. The van der Waals surface area contributed by atoms with Crippen LogP contribution in [0.1, 0.15) is 0 Å². The molecule has 0 amide bonds. The van der Waals surface area contributed by atoms with Crippen LogP contribution in [0.4, 0.5) is 0 Å². The Morgan fingerprint density at radius 3 is 0.400 bits per heavy atom. The van der Waals surface area contributed by atoms with E-state index in [4.69, 9.17) is 0 Å². The molecule has 0 unspecified atom stereocenters. The fraction of sp³-hybridized carbons (Fsp3) is 0. The van der Waals surface area contributed by atoms with Crippen molar-refractivity contribution in [2.75, 3.05) is 0 Å². The largest absolute Gasteiger partial charge is 0 e. The van der Waals surface area contributed by atoms with Gasteiger partial charge in [0.25, 0.3) is 0 Å². The Labute approximate surface area is 102 Å². The van der Waals surface area contributed by atoms with Gasteiger partial charge in [-0.25, -0.2) is 0 Å². The maximum atomic E-state index is 0. The maximum absolute atomic E-state index is 0. The second-order valence-corrected chi connectivity index (χ2v) is 0. The molecule has 0 aromatic rings. The molecule has 0 aromatic heterocycles. The summed E-state index contributed by atoms with van der Waals surface area (Å²) in [6.45, 7) is 0. The first kappa shape index (κ1) is 40.0. The average Bonchev–Trinajstić information content (AvgIpc) is 0. The molecule has 0 heterocycles. The van der Waals surface area contributed by atoms with Gasteiger partial charge in [-0.15, -0.1) is 0 Å². The van der Waals surface area contributed by atoms with E-state index >= 15 is 0 Å². The van der Waals surface area contributed by atoms with Crippen molar-refractivity contribution >= 4 is 0 Å². The summed E-state index contributed by atoms with van der Waals surface area (Å²) in [5.41, 5.74) is 0. The third-order valence-corrected chi connectivity index (χ3v) is 0. The van der Waals surface area contributed by atoms with Crippen LogP contribution in [-0.2, 0) is 104 Å². The average molecular weight is 247 g/mol. The summed E-state index contributed by atoms with van der Waals surface area (Å²) in [4.78, 5) is 0. The summed E-state index contributed by atoms with van der Waals surface area (Å²) in [6, 6.07) is 0. The molecule has 0 aliphatic heterocycles. The fourth-order valence-electron chi connectivity index (χ4n) is 0. The number of rotatable bonds is 0. The molecule has 24 valence electrons. The van der Waals surface area contributed by atoms with E-state index in [2.05, 4.69) is 0 Å². The molecule has 0 saturated carbocycles. The van der Waals surface area contributed by atoms with Crippen molar-refractivity contribution in [3.8, 4) is 0 Å². The zero-order chi connectivity index (χ0) is 0. The van der Waals surface area contributed by atoms with Gasteiger partial charge in [-0.3, -0.25) is 0 Å². The van der Waals surface area contributed by atoms with Crippen LogP contribution in [0, 0.1) is 0 Å². The van der Waals surface area contributed by atoms with Gasteiger partial charge in [0.05, 0.1) is 0 Å². The minimum atomic E-state index is 0. The Balaban J connectivity index is 0. The van der Waals surface area contributed by atoms with Crippen LogP contribution in [-0.4, -0.2) is 0 Å². The Morgan fingerprint density at radius 1 is 0.400 bits per heavy atom. The van der Waals surface area contributed by atoms with E-state index in [1.165, 1.54) is 0 Å². The van der Waals surface area contributed by atoms with Gasteiger partial charge in [-0.05, 0) is 0 Å². The Morgan fingerprint density at radius 2 is 0.400 bits per heavy atom. The van der Waals surface area contributed by atoms with Crippen molar-refractivity contribution in [1.29, 1.82) is 0 Å². The van der Waals surface area contributed by atoms with Crippen molar-refractivity contribution < 1.29 is 104 Å². The monoisotopic (exact) mass is 248 g/mol. The third kappa shape index (κ3) is 18.7. The van der Waals surface area contributed by atoms with Crippen molar-refractivity contribution in [3.05, 3.63) is 0 Å². The first-order chi connectivity index (χ1) is 0. The zero-order valence-electron chi connectivity index (χ0n) is 2.35. The van der Waals surface area contributed by atoms with E-state index in [9.17, 15) is 0 Å². The Bertz CT molecular complexity index is 3.61. The van der Waals surface area contributed by atoms with Crippen LogP contribution in [0.5, 0.6) is 0 Å². The predicted molar refractivity (Wildman–Crippen MR) is 0 cm³/mol. The van der Waals surface area contributed by atoms with Gasteiger partial charge in [-0.2, -0.15) is 0 Å². The van der Waals surface area contributed by atoms with Gasteiger partial charge >= 0.3 is 0 Å². The quantitative estimate of drug-likeness (QED) is 0.528. The van der Waals surface area contributed by atoms with Crippen LogP contribution >= 0.6 is 0 Å². The van der Waals surface area contributed by atoms with Crippen LogP contribution in [0.3, 0.4) is 0 Å². The molecule has 0 N–H and O–H groups in total. The molecule has 0 radical (unpaired) electrons. The molecule has 5 heavy (non-hydrogen) atoms. The normalized spacial score (nSPS) is 0. The van der Waals surface area contributed by atoms with E-state index in [-0.39, 0.29) is 104 Å². The second kappa shape index (κ2) is 26.3. The van der Waals surface area contributed by atoms with Gasteiger partial charge in [0, 0.05) is 104 Å². The zero-order valence-corrected chi connectivity index (χ0v) is 9.70. The molecule has 0 spiro atoms. The molecule has 0 rings (SSSR count). The molecule has 0 nitrogen and oxygen atoms in total. The summed E-state index contributed by atoms with van der Waals surface area (Å²) in [5.74, 6) is 0. The SMILES string of the molecule is [Fe].[Ti].[Ti].[Ti].[Ti]. The van der Waals surface area contributed by atoms with Crippen molar-refractivity contribution in [1.82, 2.24) is 0 Å². The smallest absolute Gasteiger partial charge is 0 e. The first-order valence-corrected chi connectivity index (χ1v) is 0. The third-order valence-electron chi connectivity index (χ3n) is 0. The van der Waals surface area contributed by atoms with E-state index in [0.29, 0.717) is 0 Å². The summed E-state index contributed by atoms with van der Waals surface area (Å²) in [6.07, 6.45) is 0. The van der Waals surface area contributed by atoms with Gasteiger partial charge in [0.2, 0.25) is 0 Å². The summed E-state index contributed by atoms with van der Waals surface area (Å²) in [7, 11) is 0. The molecule has 0 fully saturated rings. The van der Waals surface area contributed by atoms with Gasteiger partial charge < -0.3 is 0 Å². The molecule has 0 bridgehead atoms. The maximum Gasteiger partial charge on any atom is 0 e. The standard InChI is InChI=1S/Fe.4Ti. The first-order valence-electron chi connectivity index (χ1n) is 0. The van der Waals surface area contributed by atoms with E-state index < -0.39 is 0 Å². The molecule has 0 aliphatic carbocycles. The molecule has 0 atom stereocenters. The van der Waals surface area contributed by atoms with E-state index in [0.717, 1.165) is 0 Å². The van der Waals surface area contributed by atoms with Gasteiger partial charge in [0.15, 0.2) is 0 Å². The predicted octanol–water partition coefficient (Wildman–Crippen LogP) is -0.0125. The fourth-order valence-corrected chi connectivity index (χ4v) is 0. The van der Waals surface area contributed by atoms with Crippen LogP contribution in [0.25, 0.3) is 0 Å². The van der Waals surface area contributed by atoms with Gasteiger partial charge in [0.1, 0.15) is 0 Å². The minimum absolute atomic E-state index is 0. The van der Waals surface area contributed by atoms with Crippen LogP contribution in [0.15, 0.2) is 0 Å². The van der Waals surface area contributed by atoms with Crippen LogP contribution in [0.2, 0.25) is 0 Å². The number of hydrogen-bond acceptors (Lipinski definition) is 0. The summed E-state index contributed by atoms with van der Waals surface area (Å²) >= 11 is 0. The molecule has 0 aliphatic rings. The summed E-state index contributed by atoms with van der Waals surface area (Å²) in [5, 5.41) is 0. The van der Waals surface area contributed by atoms with E-state index in [1.54, 1.807) is 0 Å².